The Kier molecular flexibility index (Phi) is 7.80. The first kappa shape index (κ1) is 22.4. The molecule has 1 saturated heterocycles. The van der Waals surface area contributed by atoms with E-state index in [0.29, 0.717) is 6.10 Å². The number of likely N-dealkylation sites (tertiary alicyclic amines) is 1. The van der Waals surface area contributed by atoms with E-state index in [1.807, 2.05) is 0 Å². The number of nitrogens with zero attached hydrogens (tertiary/aromatic N) is 1. The molecule has 140 valence electrons. The fourth-order valence-electron chi connectivity index (χ4n) is 2.04. The van der Waals surface area contributed by atoms with Crippen LogP contribution in [0.15, 0.2) is 0 Å². The number of hydrogen-bond acceptors (Lipinski definition) is 1. The third-order valence-corrected chi connectivity index (χ3v) is 3.66. The highest BCUT2D eigenvalue weighted by atomic mass is 19.4. The van der Waals surface area contributed by atoms with Crippen LogP contribution in [0.3, 0.4) is 0 Å². The zero-order valence-electron chi connectivity index (χ0n) is 13.3. The molecule has 0 aliphatic carbocycles. The van der Waals surface area contributed by atoms with E-state index in [0.717, 1.165) is 6.73 Å². The van der Waals surface area contributed by atoms with Gasteiger partial charge in [-0.3, -0.25) is 0 Å². The van der Waals surface area contributed by atoms with E-state index in [9.17, 15) is 34.9 Å². The molecule has 0 atom stereocenters. The van der Waals surface area contributed by atoms with Gasteiger partial charge < -0.3 is 22.2 Å². The van der Waals surface area contributed by atoms with E-state index in [2.05, 4.69) is 20.8 Å². The highest BCUT2D eigenvalue weighted by molar-refractivity contribution is 6.61. The molecular formula is C12H22BF8NO. The Balaban J connectivity index is 0.000000423. The molecule has 0 aromatic rings. The van der Waals surface area contributed by atoms with Gasteiger partial charge in [0.05, 0.1) is 25.7 Å². The van der Waals surface area contributed by atoms with Crippen molar-refractivity contribution in [3.05, 3.63) is 0 Å². The lowest BCUT2D eigenvalue weighted by Gasteiger charge is -2.33. The second-order valence-electron chi connectivity index (χ2n) is 5.85. The van der Waals surface area contributed by atoms with Gasteiger partial charge in [-0.2, -0.15) is 13.2 Å². The topological polar surface area (TPSA) is 9.23 Å². The second kappa shape index (κ2) is 8.00. The molecule has 0 bridgehead atoms. The molecule has 0 N–H and O–H groups in total. The van der Waals surface area contributed by atoms with E-state index in [-0.39, 0.29) is 0 Å². The van der Waals surface area contributed by atoms with E-state index in [4.69, 9.17) is 4.74 Å². The number of alkyl halides is 5. The van der Waals surface area contributed by atoms with Crippen molar-refractivity contribution >= 4 is 6.98 Å². The summed E-state index contributed by atoms with van der Waals surface area (Å²) in [5.74, 6) is -6.56. The van der Waals surface area contributed by atoms with Crippen LogP contribution in [-0.2, 0) is 4.74 Å². The van der Waals surface area contributed by atoms with Crippen LogP contribution in [0.4, 0.5) is 34.9 Å². The molecule has 0 radical (unpaired) electrons. The minimum absolute atomic E-state index is 0.382. The van der Waals surface area contributed by atoms with Crippen LogP contribution in [-0.4, -0.2) is 55.9 Å². The SMILES string of the molecule is CC[N+]1(COC(C)C)CCCC1.F[B-](F)(F)C(F)(F)C(F)(F)F. The van der Waals surface area contributed by atoms with Crippen LogP contribution in [0, 0.1) is 0 Å². The number of rotatable bonds is 5. The van der Waals surface area contributed by atoms with Crippen molar-refractivity contribution in [2.24, 2.45) is 0 Å². The molecule has 0 aromatic carbocycles. The largest absolute Gasteiger partial charge is 0.558 e. The maximum Gasteiger partial charge on any atom is 0.558 e. The van der Waals surface area contributed by atoms with Gasteiger partial charge in [0.25, 0.3) is 0 Å². The van der Waals surface area contributed by atoms with Gasteiger partial charge in [-0.25, -0.2) is 8.78 Å². The molecule has 2 nitrogen and oxygen atoms in total. The summed E-state index contributed by atoms with van der Waals surface area (Å²) in [6.45, 7) is 4.09. The van der Waals surface area contributed by atoms with Gasteiger partial charge in [-0.05, 0) is 20.8 Å². The van der Waals surface area contributed by atoms with Crippen LogP contribution < -0.4 is 0 Å². The van der Waals surface area contributed by atoms with E-state index in [1.54, 1.807) is 0 Å². The molecule has 1 aliphatic heterocycles. The zero-order chi connectivity index (χ0) is 18.5. The summed E-state index contributed by atoms with van der Waals surface area (Å²) in [6.07, 6.45) is -3.40. The smallest absolute Gasteiger partial charge is 0.445 e. The summed E-state index contributed by atoms with van der Waals surface area (Å²) in [5, 5.41) is 0. The summed E-state index contributed by atoms with van der Waals surface area (Å²) in [4.78, 5) is 0. The van der Waals surface area contributed by atoms with Crippen LogP contribution in [0.2, 0.25) is 0 Å². The molecular weight excluding hydrogens is 337 g/mol. The summed E-state index contributed by atoms with van der Waals surface area (Å²) >= 11 is 0. The Morgan fingerprint density at radius 1 is 1.00 bits per heavy atom. The molecule has 0 spiro atoms. The standard InChI is InChI=1S/C10H22NO.C2BF8/c1-4-11(7-5-6-8-11)9-12-10(2)3;4-1(5,2(6,7)8)3(9,10)11/h10H,4-9H2,1-3H3;/q+1;-1. The molecule has 1 heterocycles. The monoisotopic (exact) mass is 359 g/mol. The molecule has 11 heteroatoms. The first-order valence-corrected chi connectivity index (χ1v) is 7.29. The van der Waals surface area contributed by atoms with Crippen molar-refractivity contribution in [1.82, 2.24) is 0 Å². The molecule has 1 fully saturated rings. The van der Waals surface area contributed by atoms with Crippen molar-refractivity contribution in [2.45, 2.75) is 51.7 Å². The number of ether oxygens (including phenoxy) is 1. The third-order valence-electron chi connectivity index (χ3n) is 3.66. The van der Waals surface area contributed by atoms with Gasteiger partial charge in [0.1, 0.15) is 0 Å². The fourth-order valence-corrected chi connectivity index (χ4v) is 2.04. The Morgan fingerprint density at radius 3 is 1.65 bits per heavy atom. The van der Waals surface area contributed by atoms with Gasteiger partial charge in [-0.15, -0.1) is 0 Å². The fraction of sp³-hybridized carbons (Fsp3) is 1.00. The molecule has 1 rings (SSSR count). The molecule has 0 saturated carbocycles. The van der Waals surface area contributed by atoms with Crippen LogP contribution in [0.5, 0.6) is 0 Å². The summed E-state index contributed by atoms with van der Waals surface area (Å²) < 4.78 is 94.7. The lowest BCUT2D eigenvalue weighted by molar-refractivity contribution is -0.934. The van der Waals surface area contributed by atoms with Crippen LogP contribution in [0.25, 0.3) is 0 Å². The minimum Gasteiger partial charge on any atom is -0.445 e. The van der Waals surface area contributed by atoms with Gasteiger partial charge in [-0.1, -0.05) is 0 Å². The van der Waals surface area contributed by atoms with Crippen molar-refractivity contribution in [3.63, 3.8) is 0 Å². The predicted molar refractivity (Wildman–Crippen MR) is 70.9 cm³/mol. The van der Waals surface area contributed by atoms with Crippen LogP contribution >= 0.6 is 0 Å². The lowest BCUT2D eigenvalue weighted by atomic mass is 9.80. The molecule has 23 heavy (non-hydrogen) atoms. The third kappa shape index (κ3) is 6.44. The highest BCUT2D eigenvalue weighted by Gasteiger charge is 2.69. The Bertz CT molecular complexity index is 334. The van der Waals surface area contributed by atoms with E-state index in [1.165, 1.54) is 37.0 Å². The predicted octanol–water partition coefficient (Wildman–Crippen LogP) is 4.57. The summed E-state index contributed by atoms with van der Waals surface area (Å²) in [7, 11) is 0. The lowest BCUT2D eigenvalue weighted by Crippen LogP contribution is -2.53. The molecule has 0 aromatic heterocycles. The minimum atomic E-state index is -7.21. The molecule has 1 aliphatic rings. The van der Waals surface area contributed by atoms with Crippen molar-refractivity contribution in [3.8, 4) is 0 Å². The van der Waals surface area contributed by atoms with Gasteiger partial charge >= 0.3 is 19.0 Å². The highest BCUT2D eigenvalue weighted by Crippen LogP contribution is 2.44. The van der Waals surface area contributed by atoms with E-state index < -0.39 is 19.0 Å². The van der Waals surface area contributed by atoms with Crippen molar-refractivity contribution in [1.29, 1.82) is 0 Å². The van der Waals surface area contributed by atoms with Gasteiger partial charge in [0.2, 0.25) is 0 Å². The average molecular weight is 359 g/mol. The Hall–Kier alpha value is -0.575. The Morgan fingerprint density at radius 2 is 1.43 bits per heavy atom. The first-order valence-electron chi connectivity index (χ1n) is 7.29. The number of quaternary nitrogens is 1. The quantitative estimate of drug-likeness (QED) is 0.397. The van der Waals surface area contributed by atoms with E-state index >= 15 is 0 Å². The molecule has 0 amide bonds. The summed E-state index contributed by atoms with van der Waals surface area (Å²) in [5.41, 5.74) is 0. The normalized spacial score (nSPS) is 18.8. The zero-order valence-corrected chi connectivity index (χ0v) is 13.3. The van der Waals surface area contributed by atoms with Crippen molar-refractivity contribution in [2.75, 3.05) is 26.4 Å². The van der Waals surface area contributed by atoms with Crippen molar-refractivity contribution < 1.29 is 44.1 Å². The molecule has 0 unspecified atom stereocenters. The maximum absolute atomic E-state index is 11.2. The Labute approximate surface area is 130 Å². The number of hydrogen-bond donors (Lipinski definition) is 0. The van der Waals surface area contributed by atoms with Gasteiger partial charge in [0.15, 0.2) is 6.73 Å². The number of halogens is 8. The van der Waals surface area contributed by atoms with Gasteiger partial charge in [0, 0.05) is 12.8 Å². The first-order chi connectivity index (χ1) is 10.2. The second-order valence-corrected chi connectivity index (χ2v) is 5.85. The average Bonchev–Trinajstić information content (AvgIpc) is 2.84. The van der Waals surface area contributed by atoms with Crippen LogP contribution in [0.1, 0.15) is 33.6 Å². The maximum atomic E-state index is 11.2. The summed E-state index contributed by atoms with van der Waals surface area (Å²) in [6, 6.07) is 0.